The van der Waals surface area contributed by atoms with E-state index in [2.05, 4.69) is 64.2 Å². The van der Waals surface area contributed by atoms with Crippen molar-refractivity contribution in [2.45, 2.75) is 65.0 Å². The highest BCUT2D eigenvalue weighted by molar-refractivity contribution is 5.29. The third-order valence-electron chi connectivity index (χ3n) is 4.45. The molecule has 1 aliphatic heterocycles. The van der Waals surface area contributed by atoms with Gasteiger partial charge in [-0.2, -0.15) is 0 Å². The lowest BCUT2D eigenvalue weighted by Crippen LogP contribution is -2.29. The maximum absolute atomic E-state index is 5.79. The van der Waals surface area contributed by atoms with Gasteiger partial charge in [0.2, 0.25) is 0 Å². The summed E-state index contributed by atoms with van der Waals surface area (Å²) >= 11 is 0. The molecule has 1 N–H and O–H groups in total. The van der Waals surface area contributed by atoms with Gasteiger partial charge in [-0.3, -0.25) is 0 Å². The number of nitrogens with one attached hydrogen (secondary N) is 1. The van der Waals surface area contributed by atoms with Gasteiger partial charge in [0.15, 0.2) is 0 Å². The first-order valence-electron chi connectivity index (χ1n) is 8.37. The summed E-state index contributed by atoms with van der Waals surface area (Å²) in [5, 5.41) is 3.73. The van der Waals surface area contributed by atoms with Gasteiger partial charge in [-0.25, -0.2) is 0 Å². The minimum Gasteiger partial charge on any atom is -0.378 e. The van der Waals surface area contributed by atoms with Gasteiger partial charge >= 0.3 is 0 Å². The van der Waals surface area contributed by atoms with E-state index in [-0.39, 0.29) is 5.41 Å². The van der Waals surface area contributed by atoms with Crippen molar-refractivity contribution in [1.82, 2.24) is 5.32 Å². The van der Waals surface area contributed by atoms with Gasteiger partial charge in [0, 0.05) is 12.0 Å². The Bertz CT molecular complexity index is 432. The van der Waals surface area contributed by atoms with Crippen LogP contribution in [-0.2, 0) is 10.2 Å². The normalized spacial score (nSPS) is 24.2. The minimum atomic E-state index is 0.218. The smallest absolute Gasteiger partial charge is 0.0551 e. The van der Waals surface area contributed by atoms with Crippen LogP contribution >= 0.6 is 0 Å². The number of hydrogen-bond donors (Lipinski definition) is 1. The molecule has 118 valence electrons. The molecule has 0 bridgehead atoms. The predicted molar refractivity (Wildman–Crippen MR) is 89.7 cm³/mol. The van der Waals surface area contributed by atoms with E-state index in [1.165, 1.54) is 17.5 Å². The molecule has 0 amide bonds. The average molecular weight is 289 g/mol. The van der Waals surface area contributed by atoms with E-state index in [1.54, 1.807) is 0 Å². The Kier molecular flexibility index (Phi) is 5.45. The van der Waals surface area contributed by atoms with Crippen molar-refractivity contribution in [3.8, 4) is 0 Å². The number of hydrogen-bond acceptors (Lipinski definition) is 2. The molecular formula is C19H31NO. The highest BCUT2D eigenvalue weighted by Crippen LogP contribution is 2.33. The topological polar surface area (TPSA) is 21.3 Å². The maximum atomic E-state index is 5.79. The molecule has 1 aromatic rings. The van der Waals surface area contributed by atoms with Crippen LogP contribution in [0.2, 0.25) is 0 Å². The van der Waals surface area contributed by atoms with E-state index in [4.69, 9.17) is 4.74 Å². The second-order valence-electron chi connectivity index (χ2n) is 7.44. The van der Waals surface area contributed by atoms with Crippen LogP contribution in [-0.4, -0.2) is 19.3 Å². The molecule has 1 heterocycles. The molecule has 2 nitrogen and oxygen atoms in total. The summed E-state index contributed by atoms with van der Waals surface area (Å²) in [6.07, 6.45) is 2.72. The van der Waals surface area contributed by atoms with E-state index in [9.17, 15) is 0 Å². The second kappa shape index (κ2) is 6.93. The van der Waals surface area contributed by atoms with Gasteiger partial charge in [0.25, 0.3) is 0 Å². The first kappa shape index (κ1) is 16.5. The third-order valence-corrected chi connectivity index (χ3v) is 4.45. The van der Waals surface area contributed by atoms with Gasteiger partial charge < -0.3 is 10.1 Å². The van der Waals surface area contributed by atoms with Crippen LogP contribution in [0.25, 0.3) is 0 Å². The van der Waals surface area contributed by atoms with Crippen LogP contribution in [0.4, 0.5) is 0 Å². The van der Waals surface area contributed by atoms with Crippen LogP contribution in [0.3, 0.4) is 0 Å². The summed E-state index contributed by atoms with van der Waals surface area (Å²) in [5.41, 5.74) is 3.02. The molecule has 1 aliphatic rings. The minimum absolute atomic E-state index is 0.218. The summed E-state index contributed by atoms with van der Waals surface area (Å²) < 4.78 is 5.79. The first-order valence-corrected chi connectivity index (χ1v) is 8.37. The Morgan fingerprint density at radius 1 is 1.24 bits per heavy atom. The third kappa shape index (κ3) is 4.31. The molecule has 21 heavy (non-hydrogen) atoms. The molecule has 0 radical (unpaired) electrons. The summed E-state index contributed by atoms with van der Waals surface area (Å²) in [6, 6.07) is 9.60. The molecule has 1 fully saturated rings. The maximum Gasteiger partial charge on any atom is 0.0551 e. The Morgan fingerprint density at radius 2 is 1.90 bits per heavy atom. The van der Waals surface area contributed by atoms with Crippen LogP contribution in [0.15, 0.2) is 24.3 Å². The molecule has 1 aromatic carbocycles. The Labute approximate surface area is 130 Å². The van der Waals surface area contributed by atoms with Gasteiger partial charge in [-0.05, 0) is 42.9 Å². The zero-order chi connectivity index (χ0) is 15.5. The average Bonchev–Trinajstić information content (AvgIpc) is 2.85. The van der Waals surface area contributed by atoms with Crippen molar-refractivity contribution in [2.24, 2.45) is 5.92 Å². The van der Waals surface area contributed by atoms with Crippen LogP contribution in [0.5, 0.6) is 0 Å². The molecule has 1 saturated heterocycles. The lowest BCUT2D eigenvalue weighted by atomic mass is 9.84. The van der Waals surface area contributed by atoms with Gasteiger partial charge in [-0.15, -0.1) is 0 Å². The molecule has 0 saturated carbocycles. The van der Waals surface area contributed by atoms with E-state index >= 15 is 0 Å². The SMILES string of the molecule is CCCNC(c1ccc(C(C)(C)C)cc1)C1COC(C)C1. The second-order valence-corrected chi connectivity index (χ2v) is 7.44. The summed E-state index contributed by atoms with van der Waals surface area (Å²) in [4.78, 5) is 0. The van der Waals surface area contributed by atoms with E-state index in [0.29, 0.717) is 18.1 Å². The van der Waals surface area contributed by atoms with E-state index in [0.717, 1.165) is 19.6 Å². The fourth-order valence-electron chi connectivity index (χ4n) is 3.13. The number of ether oxygens (including phenoxy) is 1. The molecule has 3 unspecified atom stereocenters. The lowest BCUT2D eigenvalue weighted by Gasteiger charge is -2.26. The van der Waals surface area contributed by atoms with E-state index < -0.39 is 0 Å². The van der Waals surface area contributed by atoms with Crippen molar-refractivity contribution in [3.63, 3.8) is 0 Å². The molecule has 2 rings (SSSR count). The van der Waals surface area contributed by atoms with Gasteiger partial charge in [0.05, 0.1) is 12.7 Å². The van der Waals surface area contributed by atoms with Crippen molar-refractivity contribution in [2.75, 3.05) is 13.2 Å². The molecule has 0 spiro atoms. The molecule has 2 heteroatoms. The van der Waals surface area contributed by atoms with Crippen LogP contribution in [0.1, 0.15) is 64.6 Å². The van der Waals surface area contributed by atoms with Crippen molar-refractivity contribution in [3.05, 3.63) is 35.4 Å². The van der Waals surface area contributed by atoms with E-state index in [1.807, 2.05) is 0 Å². The van der Waals surface area contributed by atoms with Crippen molar-refractivity contribution < 1.29 is 4.74 Å². The quantitative estimate of drug-likeness (QED) is 0.864. The summed E-state index contributed by atoms with van der Waals surface area (Å²) in [5.74, 6) is 0.590. The van der Waals surface area contributed by atoms with Crippen LogP contribution < -0.4 is 5.32 Å². The van der Waals surface area contributed by atoms with Crippen molar-refractivity contribution >= 4 is 0 Å². The molecular weight excluding hydrogens is 258 g/mol. The predicted octanol–water partition coefficient (Wildman–Crippen LogP) is 4.45. The first-order chi connectivity index (χ1) is 9.91. The van der Waals surface area contributed by atoms with Crippen LogP contribution in [0, 0.1) is 5.92 Å². The zero-order valence-corrected chi connectivity index (χ0v) is 14.3. The molecule has 3 atom stereocenters. The fraction of sp³-hybridized carbons (Fsp3) is 0.684. The van der Waals surface area contributed by atoms with Gasteiger partial charge in [0.1, 0.15) is 0 Å². The number of benzene rings is 1. The number of rotatable bonds is 5. The summed E-state index contributed by atoms with van der Waals surface area (Å²) in [7, 11) is 0. The largest absolute Gasteiger partial charge is 0.378 e. The Hall–Kier alpha value is -0.860. The molecule has 0 aromatic heterocycles. The van der Waals surface area contributed by atoms with Crippen molar-refractivity contribution in [1.29, 1.82) is 0 Å². The monoisotopic (exact) mass is 289 g/mol. The highest BCUT2D eigenvalue weighted by atomic mass is 16.5. The Morgan fingerprint density at radius 3 is 2.38 bits per heavy atom. The molecule has 0 aliphatic carbocycles. The lowest BCUT2D eigenvalue weighted by molar-refractivity contribution is 0.117. The van der Waals surface area contributed by atoms with Gasteiger partial charge in [-0.1, -0.05) is 52.0 Å². The fourth-order valence-corrected chi connectivity index (χ4v) is 3.13. The highest BCUT2D eigenvalue weighted by Gasteiger charge is 2.30. The standard InChI is InChI=1S/C19H31NO/c1-6-11-20-18(16-12-14(2)21-13-16)15-7-9-17(10-8-15)19(3,4)5/h7-10,14,16,18,20H,6,11-13H2,1-5H3. The summed E-state index contributed by atoms with van der Waals surface area (Å²) in [6.45, 7) is 13.1. The Balaban J connectivity index is 2.16. The zero-order valence-electron chi connectivity index (χ0n) is 14.3.